The van der Waals surface area contributed by atoms with Crippen molar-refractivity contribution in [3.8, 4) is 22.7 Å². The molecule has 4 rings (SSSR count). The average Bonchev–Trinajstić information content (AvgIpc) is 3.30. The minimum absolute atomic E-state index is 0.504. The molecule has 29 heavy (non-hydrogen) atoms. The molecular formula is C23H24ClN3OSi. The van der Waals surface area contributed by atoms with Crippen LogP contribution >= 0.6 is 11.6 Å². The van der Waals surface area contributed by atoms with Crippen molar-refractivity contribution < 1.29 is 4.42 Å². The Kier molecular flexibility index (Phi) is 5.19. The lowest BCUT2D eigenvalue weighted by molar-refractivity contribution is 0.574. The SMILES string of the molecule is Cc1cc(-c2nc(-c3ccc([Si](C)(C)C)cc3)co2)cn1Cc1ccc(Cl)nc1. The first-order valence-corrected chi connectivity index (χ1v) is 13.5. The second kappa shape index (κ2) is 7.65. The number of aromatic nitrogens is 3. The van der Waals surface area contributed by atoms with Crippen molar-refractivity contribution in [3.63, 3.8) is 0 Å². The first kappa shape index (κ1) is 19.7. The highest BCUT2D eigenvalue weighted by Crippen LogP contribution is 2.26. The van der Waals surface area contributed by atoms with Crippen LogP contribution in [0.15, 0.2) is 65.5 Å². The molecule has 1 aromatic carbocycles. The fourth-order valence-corrected chi connectivity index (χ4v) is 4.56. The summed E-state index contributed by atoms with van der Waals surface area (Å²) in [5.41, 5.74) is 5.12. The van der Waals surface area contributed by atoms with Crippen LogP contribution < -0.4 is 5.19 Å². The molecule has 0 unspecified atom stereocenters. The fourth-order valence-electron chi connectivity index (χ4n) is 3.28. The van der Waals surface area contributed by atoms with Crippen LogP contribution in [0.4, 0.5) is 0 Å². The molecule has 0 N–H and O–H groups in total. The van der Waals surface area contributed by atoms with E-state index in [1.807, 2.05) is 12.1 Å². The molecule has 0 aliphatic heterocycles. The van der Waals surface area contributed by atoms with Gasteiger partial charge in [0.2, 0.25) is 5.89 Å². The Morgan fingerprint density at radius 3 is 2.45 bits per heavy atom. The molecule has 0 saturated carbocycles. The number of oxazole rings is 1. The highest BCUT2D eigenvalue weighted by molar-refractivity contribution is 6.88. The predicted molar refractivity (Wildman–Crippen MR) is 121 cm³/mol. The van der Waals surface area contributed by atoms with Crippen molar-refractivity contribution in [1.82, 2.24) is 14.5 Å². The van der Waals surface area contributed by atoms with E-state index in [4.69, 9.17) is 21.0 Å². The predicted octanol–water partition coefficient (Wildman–Crippen LogP) is 5.76. The van der Waals surface area contributed by atoms with Gasteiger partial charge in [-0.05, 0) is 24.6 Å². The maximum atomic E-state index is 5.88. The van der Waals surface area contributed by atoms with Gasteiger partial charge in [0, 0.05) is 30.2 Å². The quantitative estimate of drug-likeness (QED) is 0.304. The number of aryl methyl sites for hydroxylation is 1. The zero-order valence-electron chi connectivity index (χ0n) is 17.1. The second-order valence-corrected chi connectivity index (χ2v) is 13.8. The molecule has 0 saturated heterocycles. The molecule has 6 heteroatoms. The van der Waals surface area contributed by atoms with Crippen molar-refractivity contribution in [3.05, 3.63) is 77.5 Å². The molecule has 0 bridgehead atoms. The number of rotatable bonds is 5. The van der Waals surface area contributed by atoms with E-state index in [1.54, 1.807) is 12.5 Å². The van der Waals surface area contributed by atoms with E-state index in [0.717, 1.165) is 34.6 Å². The van der Waals surface area contributed by atoms with Gasteiger partial charge in [0.25, 0.3) is 0 Å². The van der Waals surface area contributed by atoms with Gasteiger partial charge in [0.05, 0.1) is 13.6 Å². The van der Waals surface area contributed by atoms with Crippen LogP contribution in [-0.4, -0.2) is 22.6 Å². The van der Waals surface area contributed by atoms with Crippen molar-refractivity contribution in [2.45, 2.75) is 33.1 Å². The number of hydrogen-bond donors (Lipinski definition) is 0. The smallest absolute Gasteiger partial charge is 0.228 e. The molecule has 4 nitrogen and oxygen atoms in total. The van der Waals surface area contributed by atoms with E-state index >= 15 is 0 Å². The van der Waals surface area contributed by atoms with Crippen LogP contribution in [0.3, 0.4) is 0 Å². The Balaban J connectivity index is 1.56. The van der Waals surface area contributed by atoms with Gasteiger partial charge in [-0.2, -0.15) is 0 Å². The van der Waals surface area contributed by atoms with E-state index in [0.29, 0.717) is 11.0 Å². The van der Waals surface area contributed by atoms with Crippen molar-refractivity contribution in [2.75, 3.05) is 0 Å². The monoisotopic (exact) mass is 421 g/mol. The van der Waals surface area contributed by atoms with Gasteiger partial charge >= 0.3 is 0 Å². The molecular weight excluding hydrogens is 398 g/mol. The summed E-state index contributed by atoms with van der Waals surface area (Å²) in [5.74, 6) is 0.630. The van der Waals surface area contributed by atoms with Crippen molar-refractivity contribution in [2.24, 2.45) is 0 Å². The number of hydrogen-bond acceptors (Lipinski definition) is 3. The third-order valence-corrected chi connectivity index (χ3v) is 7.34. The average molecular weight is 422 g/mol. The highest BCUT2D eigenvalue weighted by atomic mass is 35.5. The molecule has 0 atom stereocenters. The highest BCUT2D eigenvalue weighted by Gasteiger charge is 2.17. The number of benzene rings is 1. The number of nitrogens with zero attached hydrogens (tertiary/aromatic N) is 3. The molecule has 3 aromatic heterocycles. The van der Waals surface area contributed by atoms with E-state index in [9.17, 15) is 0 Å². The Morgan fingerprint density at radius 2 is 1.79 bits per heavy atom. The van der Waals surface area contributed by atoms with Crippen LogP contribution in [0, 0.1) is 6.92 Å². The Labute approximate surface area is 177 Å². The molecule has 4 aromatic rings. The Hall–Kier alpha value is -2.63. The molecule has 0 spiro atoms. The first-order chi connectivity index (χ1) is 13.8. The lowest BCUT2D eigenvalue weighted by Crippen LogP contribution is -2.37. The van der Waals surface area contributed by atoms with Crippen LogP contribution in [0.2, 0.25) is 24.8 Å². The third kappa shape index (κ3) is 4.36. The Morgan fingerprint density at radius 1 is 1.03 bits per heavy atom. The Bertz CT molecular complexity index is 1120. The zero-order valence-corrected chi connectivity index (χ0v) is 18.9. The van der Waals surface area contributed by atoms with E-state index < -0.39 is 8.07 Å². The normalized spacial score (nSPS) is 11.8. The summed E-state index contributed by atoms with van der Waals surface area (Å²) in [4.78, 5) is 8.87. The third-order valence-electron chi connectivity index (χ3n) is 5.05. The maximum Gasteiger partial charge on any atom is 0.228 e. The van der Waals surface area contributed by atoms with Gasteiger partial charge in [-0.15, -0.1) is 0 Å². The summed E-state index contributed by atoms with van der Waals surface area (Å²) in [6.07, 6.45) is 5.59. The summed E-state index contributed by atoms with van der Waals surface area (Å²) >= 11 is 5.88. The van der Waals surface area contributed by atoms with Gasteiger partial charge in [0.15, 0.2) is 0 Å². The van der Waals surface area contributed by atoms with Gasteiger partial charge in [-0.1, -0.05) is 66.8 Å². The van der Waals surface area contributed by atoms with E-state index in [1.165, 1.54) is 5.19 Å². The molecule has 148 valence electrons. The topological polar surface area (TPSA) is 43.9 Å². The van der Waals surface area contributed by atoms with Crippen molar-refractivity contribution >= 4 is 24.9 Å². The zero-order chi connectivity index (χ0) is 20.6. The molecule has 3 heterocycles. The lowest BCUT2D eigenvalue weighted by atomic mass is 10.2. The van der Waals surface area contributed by atoms with Gasteiger partial charge in [-0.3, -0.25) is 0 Å². The molecule has 0 amide bonds. The molecule has 0 aliphatic rings. The van der Waals surface area contributed by atoms with Gasteiger partial charge in [-0.25, -0.2) is 9.97 Å². The van der Waals surface area contributed by atoms with Crippen LogP contribution in [0.1, 0.15) is 11.3 Å². The van der Waals surface area contributed by atoms with Gasteiger partial charge < -0.3 is 8.98 Å². The van der Waals surface area contributed by atoms with Crippen LogP contribution in [-0.2, 0) is 6.54 Å². The standard InChI is InChI=1S/C23H24ClN3OSi/c1-16-11-19(14-27(16)13-17-5-10-22(24)25-12-17)23-26-21(15-28-23)18-6-8-20(9-7-18)29(2,3)4/h5-12,14-15H,13H2,1-4H3. The summed E-state index contributed by atoms with van der Waals surface area (Å²) in [6, 6.07) is 14.6. The molecule has 0 fully saturated rings. The second-order valence-electron chi connectivity index (χ2n) is 8.35. The summed E-state index contributed by atoms with van der Waals surface area (Å²) in [6.45, 7) is 9.85. The van der Waals surface area contributed by atoms with Crippen molar-refractivity contribution in [1.29, 1.82) is 0 Å². The largest absolute Gasteiger partial charge is 0.444 e. The summed E-state index contributed by atoms with van der Waals surface area (Å²) < 4.78 is 7.95. The maximum absolute atomic E-state index is 5.88. The first-order valence-electron chi connectivity index (χ1n) is 9.63. The van der Waals surface area contributed by atoms with E-state index in [2.05, 4.69) is 72.6 Å². The molecule has 0 radical (unpaired) electrons. The minimum Gasteiger partial charge on any atom is -0.444 e. The summed E-state index contributed by atoms with van der Waals surface area (Å²) in [5, 5.41) is 1.94. The fraction of sp³-hybridized carbons (Fsp3) is 0.217. The van der Waals surface area contributed by atoms with Gasteiger partial charge in [0.1, 0.15) is 17.1 Å². The number of halogens is 1. The molecule has 0 aliphatic carbocycles. The summed E-state index contributed by atoms with van der Waals surface area (Å²) in [7, 11) is -1.30. The van der Waals surface area contributed by atoms with Crippen LogP contribution in [0.5, 0.6) is 0 Å². The lowest BCUT2D eigenvalue weighted by Gasteiger charge is -2.16. The number of pyridine rings is 1. The van der Waals surface area contributed by atoms with Crippen LogP contribution in [0.25, 0.3) is 22.7 Å². The minimum atomic E-state index is -1.30. The van der Waals surface area contributed by atoms with E-state index in [-0.39, 0.29) is 0 Å².